The third kappa shape index (κ3) is 2.52. The fraction of sp³-hybridized carbons (Fsp3) is 0.462. The molecule has 7 nitrogen and oxygen atoms in total. The molecule has 2 heterocycles. The highest BCUT2D eigenvalue weighted by atomic mass is 16.5. The summed E-state index contributed by atoms with van der Waals surface area (Å²) in [7, 11) is 1.67. The Bertz CT molecular complexity index is 641. The number of hydrogen-bond donors (Lipinski definition) is 1. The van der Waals surface area contributed by atoms with Crippen molar-refractivity contribution in [1.82, 2.24) is 19.6 Å². The molecule has 0 fully saturated rings. The molecule has 0 amide bonds. The number of aromatic nitrogens is 4. The Morgan fingerprint density at radius 1 is 1.40 bits per heavy atom. The maximum atomic E-state index is 12.1. The van der Waals surface area contributed by atoms with Crippen molar-refractivity contribution in [3.8, 4) is 0 Å². The zero-order valence-corrected chi connectivity index (χ0v) is 12.2. The van der Waals surface area contributed by atoms with Gasteiger partial charge in [0.15, 0.2) is 5.69 Å². The molecular formula is C13H19N5O2. The second-order valence-electron chi connectivity index (χ2n) is 4.64. The molecule has 2 rings (SSSR count). The van der Waals surface area contributed by atoms with Gasteiger partial charge in [0.2, 0.25) is 0 Å². The first kappa shape index (κ1) is 14.1. The van der Waals surface area contributed by atoms with Gasteiger partial charge in [-0.3, -0.25) is 9.36 Å². The van der Waals surface area contributed by atoms with E-state index in [-0.39, 0.29) is 12.3 Å². The number of carbonyl (C=O) groups is 1. The van der Waals surface area contributed by atoms with Gasteiger partial charge in [-0.05, 0) is 26.8 Å². The standard InChI is InChI=1S/C13H19N5O2/c1-5-18-10(6-8(2)15-18)7-20-13(19)12-11(14)9(3)16-17(12)4/h6H,5,7,14H2,1-4H3. The summed E-state index contributed by atoms with van der Waals surface area (Å²) in [5, 5.41) is 8.40. The third-order valence-electron chi connectivity index (χ3n) is 3.10. The van der Waals surface area contributed by atoms with Gasteiger partial charge in [0.25, 0.3) is 0 Å². The van der Waals surface area contributed by atoms with Crippen LogP contribution in [-0.4, -0.2) is 25.5 Å². The average molecular weight is 277 g/mol. The first-order chi connectivity index (χ1) is 9.43. The number of nitrogen functional groups attached to an aromatic ring is 1. The lowest BCUT2D eigenvalue weighted by Crippen LogP contribution is -2.14. The van der Waals surface area contributed by atoms with E-state index in [2.05, 4.69) is 10.2 Å². The predicted molar refractivity (Wildman–Crippen MR) is 74.1 cm³/mol. The van der Waals surface area contributed by atoms with E-state index < -0.39 is 5.97 Å². The highest BCUT2D eigenvalue weighted by molar-refractivity contribution is 5.93. The number of rotatable bonds is 4. The van der Waals surface area contributed by atoms with Crippen LogP contribution in [0, 0.1) is 13.8 Å². The number of anilines is 1. The smallest absolute Gasteiger partial charge is 0.359 e. The molecule has 0 saturated heterocycles. The molecule has 0 saturated carbocycles. The van der Waals surface area contributed by atoms with Gasteiger partial charge in [0.1, 0.15) is 6.61 Å². The Labute approximate surface area is 117 Å². The predicted octanol–water partition coefficient (Wildman–Crippen LogP) is 1.19. The number of esters is 1. The van der Waals surface area contributed by atoms with Crippen LogP contribution in [0.2, 0.25) is 0 Å². The van der Waals surface area contributed by atoms with Gasteiger partial charge in [0.05, 0.1) is 22.8 Å². The zero-order valence-electron chi connectivity index (χ0n) is 12.2. The highest BCUT2D eigenvalue weighted by Crippen LogP contribution is 2.17. The molecule has 0 aliphatic carbocycles. The maximum absolute atomic E-state index is 12.1. The lowest BCUT2D eigenvalue weighted by molar-refractivity contribution is 0.0451. The Hall–Kier alpha value is -2.31. The normalized spacial score (nSPS) is 10.8. The van der Waals surface area contributed by atoms with Gasteiger partial charge >= 0.3 is 5.97 Å². The summed E-state index contributed by atoms with van der Waals surface area (Å²) in [6.07, 6.45) is 0. The monoisotopic (exact) mass is 277 g/mol. The van der Waals surface area contributed by atoms with Gasteiger partial charge in [-0.25, -0.2) is 4.79 Å². The van der Waals surface area contributed by atoms with E-state index in [0.717, 1.165) is 17.9 Å². The molecule has 0 bridgehead atoms. The van der Waals surface area contributed by atoms with Gasteiger partial charge in [-0.2, -0.15) is 10.2 Å². The van der Waals surface area contributed by atoms with Crippen molar-refractivity contribution in [2.75, 3.05) is 5.73 Å². The molecule has 2 aromatic heterocycles. The Morgan fingerprint density at radius 2 is 2.10 bits per heavy atom. The summed E-state index contributed by atoms with van der Waals surface area (Å²) in [6, 6.07) is 1.90. The van der Waals surface area contributed by atoms with Crippen LogP contribution in [0.25, 0.3) is 0 Å². The molecule has 0 unspecified atom stereocenters. The minimum absolute atomic E-state index is 0.164. The van der Waals surface area contributed by atoms with Crippen molar-refractivity contribution in [3.63, 3.8) is 0 Å². The summed E-state index contributed by atoms with van der Waals surface area (Å²) >= 11 is 0. The quantitative estimate of drug-likeness (QED) is 0.848. The summed E-state index contributed by atoms with van der Waals surface area (Å²) in [4.78, 5) is 12.1. The van der Waals surface area contributed by atoms with E-state index in [9.17, 15) is 4.79 Å². The number of nitrogens with zero attached hydrogens (tertiary/aromatic N) is 4. The van der Waals surface area contributed by atoms with Gasteiger partial charge < -0.3 is 10.5 Å². The SMILES string of the molecule is CCn1nc(C)cc1COC(=O)c1c(N)c(C)nn1C. The number of ether oxygens (including phenoxy) is 1. The molecule has 0 spiro atoms. The molecule has 0 radical (unpaired) electrons. The van der Waals surface area contributed by atoms with Crippen LogP contribution < -0.4 is 5.73 Å². The molecular weight excluding hydrogens is 258 g/mol. The van der Waals surface area contributed by atoms with Gasteiger partial charge in [-0.15, -0.1) is 0 Å². The van der Waals surface area contributed by atoms with Crippen molar-refractivity contribution in [1.29, 1.82) is 0 Å². The molecule has 2 aromatic rings. The lowest BCUT2D eigenvalue weighted by atomic mass is 10.3. The number of nitrogens with two attached hydrogens (primary N) is 1. The molecule has 0 aliphatic rings. The summed E-state index contributed by atoms with van der Waals surface area (Å²) < 4.78 is 8.55. The van der Waals surface area contributed by atoms with Crippen LogP contribution in [-0.2, 0) is 24.9 Å². The third-order valence-corrected chi connectivity index (χ3v) is 3.10. The summed E-state index contributed by atoms with van der Waals surface area (Å²) in [6.45, 7) is 6.53. The maximum Gasteiger partial charge on any atom is 0.359 e. The molecule has 0 atom stereocenters. The average Bonchev–Trinajstić information content (AvgIpc) is 2.87. The molecule has 7 heteroatoms. The zero-order chi connectivity index (χ0) is 14.9. The largest absolute Gasteiger partial charge is 0.454 e. The van der Waals surface area contributed by atoms with Crippen molar-refractivity contribution < 1.29 is 9.53 Å². The topological polar surface area (TPSA) is 88.0 Å². The fourth-order valence-corrected chi connectivity index (χ4v) is 2.11. The molecule has 108 valence electrons. The van der Waals surface area contributed by atoms with Crippen LogP contribution >= 0.6 is 0 Å². The summed E-state index contributed by atoms with van der Waals surface area (Å²) in [5.74, 6) is -0.480. The molecule has 20 heavy (non-hydrogen) atoms. The van der Waals surface area contributed by atoms with E-state index in [4.69, 9.17) is 10.5 Å². The van der Waals surface area contributed by atoms with Gasteiger partial charge in [0, 0.05) is 13.6 Å². The van der Waals surface area contributed by atoms with Crippen molar-refractivity contribution in [3.05, 3.63) is 28.8 Å². The molecule has 0 aromatic carbocycles. The van der Waals surface area contributed by atoms with E-state index in [0.29, 0.717) is 11.4 Å². The number of carbonyl (C=O) groups excluding carboxylic acids is 1. The van der Waals surface area contributed by atoms with Crippen molar-refractivity contribution in [2.45, 2.75) is 33.9 Å². The second-order valence-corrected chi connectivity index (χ2v) is 4.64. The lowest BCUT2D eigenvalue weighted by Gasteiger charge is -2.07. The van der Waals surface area contributed by atoms with Crippen LogP contribution in [0.1, 0.15) is 34.5 Å². The van der Waals surface area contributed by atoms with E-state index in [1.807, 2.05) is 19.9 Å². The van der Waals surface area contributed by atoms with Gasteiger partial charge in [-0.1, -0.05) is 0 Å². The first-order valence-electron chi connectivity index (χ1n) is 6.43. The second kappa shape index (κ2) is 5.36. The Kier molecular flexibility index (Phi) is 3.78. The molecule has 0 aliphatic heterocycles. The van der Waals surface area contributed by atoms with Crippen LogP contribution in [0.5, 0.6) is 0 Å². The highest BCUT2D eigenvalue weighted by Gasteiger charge is 2.20. The Balaban J connectivity index is 2.12. The van der Waals surface area contributed by atoms with E-state index in [1.165, 1.54) is 4.68 Å². The van der Waals surface area contributed by atoms with Crippen LogP contribution in [0.15, 0.2) is 6.07 Å². The minimum Gasteiger partial charge on any atom is -0.454 e. The summed E-state index contributed by atoms with van der Waals surface area (Å²) in [5.41, 5.74) is 8.84. The number of hydrogen-bond acceptors (Lipinski definition) is 5. The minimum atomic E-state index is -0.480. The number of aryl methyl sites for hydroxylation is 4. The van der Waals surface area contributed by atoms with Crippen LogP contribution in [0.3, 0.4) is 0 Å². The van der Waals surface area contributed by atoms with Crippen LogP contribution in [0.4, 0.5) is 5.69 Å². The van der Waals surface area contributed by atoms with E-state index >= 15 is 0 Å². The Morgan fingerprint density at radius 3 is 2.65 bits per heavy atom. The van der Waals surface area contributed by atoms with E-state index in [1.54, 1.807) is 18.7 Å². The first-order valence-corrected chi connectivity index (χ1v) is 6.43. The van der Waals surface area contributed by atoms with Crippen molar-refractivity contribution >= 4 is 11.7 Å². The molecule has 2 N–H and O–H groups in total. The fourth-order valence-electron chi connectivity index (χ4n) is 2.11. The van der Waals surface area contributed by atoms with Crippen molar-refractivity contribution in [2.24, 2.45) is 7.05 Å².